The summed E-state index contributed by atoms with van der Waals surface area (Å²) in [5.41, 5.74) is 0.890. The molecule has 0 fully saturated rings. The van der Waals surface area contributed by atoms with Gasteiger partial charge in [0.2, 0.25) is 0 Å². The van der Waals surface area contributed by atoms with E-state index in [0.717, 1.165) is 0 Å². The molecule has 0 aliphatic carbocycles. The SMILES string of the molecule is CC(C)(C)OC(=O)NC(COC(=O)Nc1ccc([C@@H](O)C(=O)O)cc1)C(=O)OC(c1ccccc1)c1ccccc1. The van der Waals surface area contributed by atoms with Crippen molar-refractivity contribution in [3.63, 3.8) is 0 Å². The molecular formula is C30H32N2O9. The second-order valence-electron chi connectivity index (χ2n) is 9.92. The van der Waals surface area contributed by atoms with Crippen LogP contribution in [-0.2, 0) is 23.8 Å². The van der Waals surface area contributed by atoms with Gasteiger partial charge in [-0.2, -0.15) is 0 Å². The first-order chi connectivity index (χ1) is 19.4. The van der Waals surface area contributed by atoms with Crippen LogP contribution in [-0.4, -0.2) is 52.6 Å². The van der Waals surface area contributed by atoms with Crippen LogP contribution in [0, 0.1) is 0 Å². The number of esters is 1. The molecule has 216 valence electrons. The summed E-state index contributed by atoms with van der Waals surface area (Å²) in [5.74, 6) is -2.28. The number of aliphatic hydroxyl groups excluding tert-OH is 1. The number of hydrogen-bond acceptors (Lipinski definition) is 8. The molecule has 2 amide bonds. The second-order valence-corrected chi connectivity index (χ2v) is 9.92. The Kier molecular flexibility index (Phi) is 10.4. The number of carbonyl (C=O) groups is 4. The largest absolute Gasteiger partial charge is 0.479 e. The molecule has 0 aliphatic heterocycles. The van der Waals surface area contributed by atoms with Gasteiger partial charge >= 0.3 is 24.1 Å². The first-order valence-corrected chi connectivity index (χ1v) is 12.7. The number of carbonyl (C=O) groups excluding carboxylic acids is 3. The molecule has 3 aromatic rings. The fourth-order valence-corrected chi connectivity index (χ4v) is 3.61. The topological polar surface area (TPSA) is 160 Å². The summed E-state index contributed by atoms with van der Waals surface area (Å²) in [6.45, 7) is 4.39. The smallest absolute Gasteiger partial charge is 0.411 e. The zero-order chi connectivity index (χ0) is 30.0. The molecule has 0 aliphatic rings. The van der Waals surface area contributed by atoms with Crippen molar-refractivity contribution < 1.29 is 43.6 Å². The van der Waals surface area contributed by atoms with Crippen LogP contribution in [0.25, 0.3) is 0 Å². The minimum atomic E-state index is -1.71. The second kappa shape index (κ2) is 13.9. The maximum atomic E-state index is 13.4. The number of rotatable bonds is 10. The number of anilines is 1. The monoisotopic (exact) mass is 564 g/mol. The predicted molar refractivity (Wildman–Crippen MR) is 148 cm³/mol. The van der Waals surface area contributed by atoms with Gasteiger partial charge in [0.25, 0.3) is 0 Å². The summed E-state index contributed by atoms with van der Waals surface area (Å²) in [7, 11) is 0. The highest BCUT2D eigenvalue weighted by Crippen LogP contribution is 2.26. The Morgan fingerprint density at radius 1 is 0.780 bits per heavy atom. The van der Waals surface area contributed by atoms with Crippen LogP contribution in [0.3, 0.4) is 0 Å². The summed E-state index contributed by atoms with van der Waals surface area (Å²) >= 11 is 0. The zero-order valence-electron chi connectivity index (χ0n) is 22.8. The lowest BCUT2D eigenvalue weighted by molar-refractivity contribution is -0.151. The zero-order valence-corrected chi connectivity index (χ0v) is 22.8. The molecule has 0 radical (unpaired) electrons. The molecule has 0 saturated carbocycles. The third-order valence-corrected chi connectivity index (χ3v) is 5.50. The molecule has 0 saturated heterocycles. The summed E-state index contributed by atoms with van der Waals surface area (Å²) in [4.78, 5) is 49.3. The number of ether oxygens (including phenoxy) is 3. The van der Waals surface area contributed by atoms with Crippen LogP contribution in [0.2, 0.25) is 0 Å². The van der Waals surface area contributed by atoms with Crippen LogP contribution in [0.4, 0.5) is 15.3 Å². The standard InChI is InChI=1S/C30H32N2O9/c1-30(2,3)41-29(38)32-23(18-39-28(37)31-22-16-14-19(15-17-22)24(33)26(34)35)27(36)40-25(20-10-6-4-7-11-20)21-12-8-5-9-13-21/h4-17,23-25,33H,18H2,1-3H3,(H,31,37)(H,32,38)(H,34,35)/t23?,24-/m1/s1. The quantitative estimate of drug-likeness (QED) is 0.204. The molecule has 0 aromatic heterocycles. The van der Waals surface area contributed by atoms with E-state index in [2.05, 4.69) is 10.6 Å². The first kappa shape index (κ1) is 30.6. The van der Waals surface area contributed by atoms with Crippen molar-refractivity contribution in [3.8, 4) is 0 Å². The molecule has 0 spiro atoms. The number of hydrogen-bond donors (Lipinski definition) is 4. The summed E-state index contributed by atoms with van der Waals surface area (Å²) < 4.78 is 16.3. The number of carboxylic acids is 1. The molecule has 3 rings (SSSR count). The van der Waals surface area contributed by atoms with Gasteiger partial charge in [0, 0.05) is 5.69 Å². The maximum Gasteiger partial charge on any atom is 0.411 e. The van der Waals surface area contributed by atoms with Gasteiger partial charge in [0.05, 0.1) is 0 Å². The van der Waals surface area contributed by atoms with E-state index in [1.165, 1.54) is 24.3 Å². The highest BCUT2D eigenvalue weighted by atomic mass is 16.6. The summed E-state index contributed by atoms with van der Waals surface area (Å²) in [6.07, 6.45) is -4.38. The van der Waals surface area contributed by atoms with Gasteiger partial charge in [-0.25, -0.2) is 19.2 Å². The molecule has 4 N–H and O–H groups in total. The van der Waals surface area contributed by atoms with Crippen LogP contribution < -0.4 is 10.6 Å². The van der Waals surface area contributed by atoms with Crippen molar-refractivity contribution in [1.82, 2.24) is 5.32 Å². The van der Waals surface area contributed by atoms with Crippen molar-refractivity contribution in [1.29, 1.82) is 0 Å². The minimum absolute atomic E-state index is 0.118. The Morgan fingerprint density at radius 3 is 1.80 bits per heavy atom. The number of alkyl carbamates (subject to hydrolysis) is 1. The Morgan fingerprint density at radius 2 is 1.32 bits per heavy atom. The Balaban J connectivity index is 1.73. The normalized spacial score (nSPS) is 12.5. The molecule has 11 heteroatoms. The van der Waals surface area contributed by atoms with E-state index in [4.69, 9.17) is 19.3 Å². The van der Waals surface area contributed by atoms with E-state index in [1.807, 2.05) is 12.1 Å². The fraction of sp³-hybridized carbons (Fsp3) is 0.267. The molecule has 2 atom stereocenters. The third kappa shape index (κ3) is 9.66. The fourth-order valence-electron chi connectivity index (χ4n) is 3.61. The molecule has 41 heavy (non-hydrogen) atoms. The maximum absolute atomic E-state index is 13.4. The van der Waals surface area contributed by atoms with E-state index in [9.17, 15) is 24.3 Å². The Labute approximate surface area is 237 Å². The first-order valence-electron chi connectivity index (χ1n) is 12.7. The number of aliphatic hydroxyl groups is 1. The highest BCUT2D eigenvalue weighted by molar-refractivity contribution is 5.86. The van der Waals surface area contributed by atoms with E-state index >= 15 is 0 Å². The number of carboxylic acid groups (broad SMARTS) is 1. The average molecular weight is 565 g/mol. The van der Waals surface area contributed by atoms with Crippen LogP contribution in [0.1, 0.15) is 49.7 Å². The van der Waals surface area contributed by atoms with E-state index < -0.39 is 54.6 Å². The molecule has 0 heterocycles. The number of aliphatic carboxylic acids is 1. The van der Waals surface area contributed by atoms with E-state index in [1.54, 1.807) is 69.3 Å². The summed E-state index contributed by atoms with van der Waals surface area (Å²) in [5, 5.41) is 23.4. The van der Waals surface area contributed by atoms with Crippen LogP contribution >= 0.6 is 0 Å². The van der Waals surface area contributed by atoms with Gasteiger partial charge < -0.3 is 29.7 Å². The van der Waals surface area contributed by atoms with Crippen molar-refractivity contribution in [3.05, 3.63) is 102 Å². The number of amides is 2. The van der Waals surface area contributed by atoms with Gasteiger partial charge in [0.1, 0.15) is 12.2 Å². The lowest BCUT2D eigenvalue weighted by atomic mass is 10.0. The summed E-state index contributed by atoms with van der Waals surface area (Å²) in [6, 6.07) is 22.0. The lowest BCUT2D eigenvalue weighted by Gasteiger charge is -2.25. The van der Waals surface area contributed by atoms with Gasteiger partial charge in [-0.05, 0) is 49.6 Å². The van der Waals surface area contributed by atoms with Gasteiger partial charge in [0.15, 0.2) is 18.2 Å². The van der Waals surface area contributed by atoms with Crippen molar-refractivity contribution >= 4 is 29.8 Å². The van der Waals surface area contributed by atoms with Crippen LogP contribution in [0.5, 0.6) is 0 Å². The lowest BCUT2D eigenvalue weighted by Crippen LogP contribution is -2.47. The van der Waals surface area contributed by atoms with E-state index in [0.29, 0.717) is 11.1 Å². The molecule has 3 aromatic carbocycles. The molecular weight excluding hydrogens is 532 g/mol. The predicted octanol–water partition coefficient (Wildman–Crippen LogP) is 4.58. The Bertz CT molecular complexity index is 1280. The molecule has 11 nitrogen and oxygen atoms in total. The van der Waals surface area contributed by atoms with Crippen molar-refractivity contribution in [2.24, 2.45) is 0 Å². The number of nitrogens with one attached hydrogen (secondary N) is 2. The third-order valence-electron chi connectivity index (χ3n) is 5.50. The Hall–Kier alpha value is -4.90. The van der Waals surface area contributed by atoms with Crippen molar-refractivity contribution in [2.75, 3.05) is 11.9 Å². The molecule has 0 bridgehead atoms. The van der Waals surface area contributed by atoms with E-state index in [-0.39, 0.29) is 11.3 Å². The van der Waals surface area contributed by atoms with Gasteiger partial charge in [-0.1, -0.05) is 72.8 Å². The van der Waals surface area contributed by atoms with Crippen molar-refractivity contribution in [2.45, 2.75) is 44.6 Å². The minimum Gasteiger partial charge on any atom is -0.479 e. The van der Waals surface area contributed by atoms with Crippen LogP contribution in [0.15, 0.2) is 84.9 Å². The highest BCUT2D eigenvalue weighted by Gasteiger charge is 2.30. The molecule has 1 unspecified atom stereocenters. The average Bonchev–Trinajstić information content (AvgIpc) is 2.93. The number of benzene rings is 3. The van der Waals surface area contributed by atoms with Gasteiger partial charge in [-0.15, -0.1) is 0 Å². The van der Waals surface area contributed by atoms with Gasteiger partial charge in [-0.3, -0.25) is 5.32 Å².